The van der Waals surface area contributed by atoms with Gasteiger partial charge in [0, 0.05) is 17.3 Å². The molecule has 0 saturated carbocycles. The van der Waals surface area contributed by atoms with E-state index in [-0.39, 0.29) is 0 Å². The molecule has 0 aromatic carbocycles. The van der Waals surface area contributed by atoms with Gasteiger partial charge in [0.05, 0.1) is 13.3 Å². The maximum Gasteiger partial charge on any atom is 0.412 e. The first kappa shape index (κ1) is 13.4. The second kappa shape index (κ2) is 5.84. The van der Waals surface area contributed by atoms with Gasteiger partial charge in [-0.1, -0.05) is 17.8 Å². The van der Waals surface area contributed by atoms with Crippen molar-refractivity contribution in [3.63, 3.8) is 0 Å². The number of hydrogen-bond donors (Lipinski definition) is 1. The highest BCUT2D eigenvalue weighted by atomic mass is 32.2. The average molecular weight is 300 g/mol. The van der Waals surface area contributed by atoms with Crippen molar-refractivity contribution in [3.05, 3.63) is 48.9 Å². The number of imidazole rings is 1. The van der Waals surface area contributed by atoms with Gasteiger partial charge in [-0.25, -0.2) is 14.8 Å². The summed E-state index contributed by atoms with van der Waals surface area (Å²) >= 11 is 1.56. The van der Waals surface area contributed by atoms with Gasteiger partial charge in [-0.05, 0) is 24.3 Å². The standard InChI is InChI=1S/C14H12N4O2S/c1-20-14(19)17-11-9-18-8-10(5-6-12(18)16-11)21-13-4-2-3-7-15-13/h2-9H,1H3,(H,17,19). The van der Waals surface area contributed by atoms with Crippen LogP contribution in [0.15, 0.2) is 58.8 Å². The number of nitrogens with zero attached hydrogens (tertiary/aromatic N) is 3. The second-order valence-corrected chi connectivity index (χ2v) is 5.24. The van der Waals surface area contributed by atoms with E-state index in [2.05, 4.69) is 20.0 Å². The number of nitrogens with one attached hydrogen (secondary N) is 1. The Morgan fingerprint density at radius 1 is 1.29 bits per heavy atom. The minimum atomic E-state index is -0.540. The molecule has 0 saturated heterocycles. The lowest BCUT2D eigenvalue weighted by molar-refractivity contribution is 0.187. The molecule has 106 valence electrons. The number of fused-ring (bicyclic) bond motifs is 1. The number of anilines is 1. The maximum absolute atomic E-state index is 11.2. The van der Waals surface area contributed by atoms with E-state index >= 15 is 0 Å². The Morgan fingerprint density at radius 2 is 2.19 bits per heavy atom. The zero-order valence-electron chi connectivity index (χ0n) is 11.2. The number of carbonyl (C=O) groups excluding carboxylic acids is 1. The van der Waals surface area contributed by atoms with Crippen LogP contribution in [-0.2, 0) is 4.74 Å². The van der Waals surface area contributed by atoms with Gasteiger partial charge in [-0.2, -0.15) is 0 Å². The molecule has 1 amide bonds. The molecule has 3 rings (SSSR count). The van der Waals surface area contributed by atoms with Crippen molar-refractivity contribution in [1.82, 2.24) is 14.4 Å². The average Bonchev–Trinajstić information content (AvgIpc) is 2.89. The SMILES string of the molecule is COC(=O)Nc1cn2cc(Sc3ccccn3)ccc2n1. The molecule has 6 nitrogen and oxygen atoms in total. The lowest BCUT2D eigenvalue weighted by atomic mass is 10.5. The zero-order valence-corrected chi connectivity index (χ0v) is 12.0. The van der Waals surface area contributed by atoms with Gasteiger partial charge in [0.2, 0.25) is 0 Å². The van der Waals surface area contributed by atoms with Crippen molar-refractivity contribution in [3.8, 4) is 0 Å². The van der Waals surface area contributed by atoms with Crippen LogP contribution in [0.2, 0.25) is 0 Å². The Hall–Kier alpha value is -2.54. The van der Waals surface area contributed by atoms with Crippen LogP contribution < -0.4 is 5.32 Å². The number of hydrogen-bond acceptors (Lipinski definition) is 5. The minimum absolute atomic E-state index is 0.446. The highest BCUT2D eigenvalue weighted by Gasteiger charge is 2.06. The molecule has 0 atom stereocenters. The molecule has 0 aliphatic rings. The van der Waals surface area contributed by atoms with E-state index < -0.39 is 6.09 Å². The van der Waals surface area contributed by atoms with E-state index in [1.807, 2.05) is 40.9 Å². The molecule has 0 aliphatic heterocycles. The molecule has 0 bridgehead atoms. The Kier molecular flexibility index (Phi) is 3.74. The minimum Gasteiger partial charge on any atom is -0.453 e. The third-order valence-corrected chi connectivity index (χ3v) is 3.63. The lowest BCUT2D eigenvalue weighted by Crippen LogP contribution is -2.10. The van der Waals surface area contributed by atoms with Gasteiger partial charge in [0.15, 0.2) is 5.82 Å². The van der Waals surface area contributed by atoms with Crippen LogP contribution in [0, 0.1) is 0 Å². The van der Waals surface area contributed by atoms with E-state index in [1.165, 1.54) is 7.11 Å². The van der Waals surface area contributed by atoms with Gasteiger partial charge < -0.3 is 9.14 Å². The first-order valence-corrected chi connectivity index (χ1v) is 6.99. The number of pyridine rings is 2. The number of aromatic nitrogens is 3. The molecule has 0 fully saturated rings. The van der Waals surface area contributed by atoms with Crippen LogP contribution in [0.25, 0.3) is 5.65 Å². The highest BCUT2D eigenvalue weighted by molar-refractivity contribution is 7.99. The second-order valence-electron chi connectivity index (χ2n) is 4.14. The summed E-state index contributed by atoms with van der Waals surface area (Å²) < 4.78 is 6.38. The predicted octanol–water partition coefficient (Wildman–Crippen LogP) is 3.06. The monoisotopic (exact) mass is 300 g/mol. The largest absolute Gasteiger partial charge is 0.453 e. The summed E-state index contributed by atoms with van der Waals surface area (Å²) in [5.41, 5.74) is 0.742. The van der Waals surface area contributed by atoms with Crippen LogP contribution in [0.3, 0.4) is 0 Å². The molecule has 3 aromatic heterocycles. The highest BCUT2D eigenvalue weighted by Crippen LogP contribution is 2.26. The maximum atomic E-state index is 11.2. The molecule has 0 radical (unpaired) electrons. The number of ether oxygens (including phenoxy) is 1. The topological polar surface area (TPSA) is 68.5 Å². The smallest absolute Gasteiger partial charge is 0.412 e. The summed E-state index contributed by atoms with van der Waals surface area (Å²) in [6, 6.07) is 9.63. The molecule has 21 heavy (non-hydrogen) atoms. The van der Waals surface area contributed by atoms with Crippen molar-refractivity contribution in [1.29, 1.82) is 0 Å². The first-order chi connectivity index (χ1) is 10.2. The number of carbonyl (C=O) groups is 1. The summed E-state index contributed by atoms with van der Waals surface area (Å²) in [5, 5.41) is 3.46. The van der Waals surface area contributed by atoms with E-state index in [4.69, 9.17) is 0 Å². The zero-order chi connectivity index (χ0) is 14.7. The predicted molar refractivity (Wildman–Crippen MR) is 79.6 cm³/mol. The summed E-state index contributed by atoms with van der Waals surface area (Å²) in [4.78, 5) is 20.8. The summed E-state index contributed by atoms with van der Waals surface area (Å²) in [6.07, 6.45) is 4.89. The number of amides is 1. The van der Waals surface area contributed by atoms with Gasteiger partial charge >= 0.3 is 6.09 Å². The Labute approximate surface area is 125 Å². The molecule has 3 aromatic rings. The fourth-order valence-electron chi connectivity index (χ4n) is 1.78. The van der Waals surface area contributed by atoms with E-state index in [0.717, 1.165) is 15.6 Å². The van der Waals surface area contributed by atoms with Gasteiger partial charge in [0.1, 0.15) is 10.7 Å². The molecule has 0 spiro atoms. The van der Waals surface area contributed by atoms with E-state index in [1.54, 1.807) is 24.2 Å². The van der Waals surface area contributed by atoms with Crippen molar-refractivity contribution in [2.75, 3.05) is 12.4 Å². The molecule has 0 unspecified atom stereocenters. The van der Waals surface area contributed by atoms with Crippen molar-refractivity contribution >= 4 is 29.3 Å². The normalized spacial score (nSPS) is 10.5. The van der Waals surface area contributed by atoms with Crippen LogP contribution >= 0.6 is 11.8 Å². The lowest BCUT2D eigenvalue weighted by Gasteiger charge is -2.01. The fraction of sp³-hybridized carbons (Fsp3) is 0.0714. The summed E-state index contributed by atoms with van der Waals surface area (Å²) in [5.74, 6) is 0.446. The fourth-order valence-corrected chi connectivity index (χ4v) is 2.58. The Morgan fingerprint density at radius 3 is 2.95 bits per heavy atom. The molecular weight excluding hydrogens is 288 g/mol. The van der Waals surface area contributed by atoms with Crippen LogP contribution in [0.5, 0.6) is 0 Å². The third kappa shape index (κ3) is 3.14. The number of methoxy groups -OCH3 is 1. The van der Waals surface area contributed by atoms with Gasteiger partial charge in [-0.3, -0.25) is 5.32 Å². The van der Waals surface area contributed by atoms with Crippen molar-refractivity contribution in [2.45, 2.75) is 9.92 Å². The molecule has 1 N–H and O–H groups in total. The molecule has 3 heterocycles. The van der Waals surface area contributed by atoms with Crippen LogP contribution in [0.4, 0.5) is 10.6 Å². The summed E-state index contributed by atoms with van der Waals surface area (Å²) in [6.45, 7) is 0. The quantitative estimate of drug-likeness (QED) is 0.805. The van der Waals surface area contributed by atoms with E-state index in [9.17, 15) is 4.79 Å². The first-order valence-electron chi connectivity index (χ1n) is 6.17. The Bertz CT molecular complexity index is 773. The van der Waals surface area contributed by atoms with Crippen LogP contribution in [-0.4, -0.2) is 27.6 Å². The number of rotatable bonds is 3. The molecule has 0 aliphatic carbocycles. The van der Waals surface area contributed by atoms with Gasteiger partial charge in [0.25, 0.3) is 0 Å². The summed E-state index contributed by atoms with van der Waals surface area (Å²) in [7, 11) is 1.31. The molecular formula is C14H12N4O2S. The third-order valence-electron chi connectivity index (χ3n) is 2.70. The molecule has 7 heteroatoms. The van der Waals surface area contributed by atoms with E-state index in [0.29, 0.717) is 5.82 Å². The Balaban J connectivity index is 1.84. The van der Waals surface area contributed by atoms with Crippen molar-refractivity contribution in [2.24, 2.45) is 0 Å². The van der Waals surface area contributed by atoms with Crippen LogP contribution in [0.1, 0.15) is 0 Å². The van der Waals surface area contributed by atoms with Crippen molar-refractivity contribution < 1.29 is 9.53 Å². The van der Waals surface area contributed by atoms with Gasteiger partial charge in [-0.15, -0.1) is 0 Å².